The molecule has 2 saturated heterocycles. The number of piperidine rings is 2. The van der Waals surface area contributed by atoms with Crippen LogP contribution in [-0.2, 0) is 4.79 Å². The summed E-state index contributed by atoms with van der Waals surface area (Å²) in [4.78, 5) is 43.1. The largest absolute Gasteiger partial charge is 0.454 e. The van der Waals surface area contributed by atoms with Gasteiger partial charge in [0, 0.05) is 31.7 Å². The molecule has 190 valence electrons. The zero-order valence-electron chi connectivity index (χ0n) is 20.1. The molecule has 8 nitrogen and oxygen atoms in total. The van der Waals surface area contributed by atoms with Crippen LogP contribution in [0.3, 0.4) is 0 Å². The predicted octanol–water partition coefficient (Wildman–Crippen LogP) is 3.22. The Balaban J connectivity index is 1.30. The van der Waals surface area contributed by atoms with E-state index in [0.717, 1.165) is 19.3 Å². The molecule has 2 aromatic carbocycles. The third-order valence-electron chi connectivity index (χ3n) is 7.26. The Kier molecular flexibility index (Phi) is 7.06. The van der Waals surface area contributed by atoms with Gasteiger partial charge < -0.3 is 24.6 Å². The van der Waals surface area contributed by atoms with Crippen LogP contribution in [0.25, 0.3) is 0 Å². The van der Waals surface area contributed by atoms with Crippen molar-refractivity contribution in [3.63, 3.8) is 0 Å². The number of hydrogen-bond acceptors (Lipinski definition) is 5. The first kappa shape index (κ1) is 24.1. The van der Waals surface area contributed by atoms with Gasteiger partial charge in [-0.3, -0.25) is 14.4 Å². The molecule has 36 heavy (non-hydrogen) atoms. The highest BCUT2D eigenvalue weighted by Crippen LogP contribution is 2.33. The standard InChI is InChI=1S/C27H30FN3O5/c28-21-7-3-2-6-20(21)26(33)31-14-10-18(11-15-31)24(27(34)30-12-4-1-5-13-30)29-25(32)19-8-9-22-23(16-19)36-17-35-22/h2-3,6-9,16,18,24H,1,4-5,10-15,17H2,(H,29,32). The lowest BCUT2D eigenvalue weighted by molar-refractivity contribution is -0.136. The third kappa shape index (κ3) is 5.01. The number of carbonyl (C=O) groups is 3. The van der Waals surface area contributed by atoms with E-state index in [9.17, 15) is 18.8 Å². The molecule has 9 heteroatoms. The number of rotatable bonds is 5. The Morgan fingerprint density at radius 2 is 1.61 bits per heavy atom. The summed E-state index contributed by atoms with van der Waals surface area (Å²) in [6, 6.07) is 10.2. The van der Waals surface area contributed by atoms with Crippen molar-refractivity contribution < 1.29 is 28.2 Å². The highest BCUT2D eigenvalue weighted by molar-refractivity contribution is 5.98. The average molecular weight is 496 g/mol. The number of carbonyl (C=O) groups excluding carboxylic acids is 3. The van der Waals surface area contributed by atoms with Crippen LogP contribution >= 0.6 is 0 Å². The van der Waals surface area contributed by atoms with Crippen LogP contribution < -0.4 is 14.8 Å². The molecule has 3 aliphatic rings. The number of hydrogen-bond donors (Lipinski definition) is 1. The molecule has 1 unspecified atom stereocenters. The lowest BCUT2D eigenvalue weighted by Gasteiger charge is -2.38. The number of likely N-dealkylation sites (tertiary alicyclic amines) is 2. The van der Waals surface area contributed by atoms with Crippen molar-refractivity contribution in [2.24, 2.45) is 5.92 Å². The number of benzene rings is 2. The van der Waals surface area contributed by atoms with Gasteiger partial charge in [-0.05, 0) is 68.4 Å². The molecule has 3 amide bonds. The van der Waals surface area contributed by atoms with E-state index < -0.39 is 11.9 Å². The number of ether oxygens (including phenoxy) is 2. The summed E-state index contributed by atoms with van der Waals surface area (Å²) >= 11 is 0. The fourth-order valence-electron chi connectivity index (χ4n) is 5.20. The zero-order chi connectivity index (χ0) is 25.1. The molecule has 2 aromatic rings. The Bertz CT molecular complexity index is 1140. The molecule has 2 fully saturated rings. The summed E-state index contributed by atoms with van der Waals surface area (Å²) in [6.45, 7) is 2.25. The normalized spacial score (nSPS) is 18.6. The van der Waals surface area contributed by atoms with E-state index in [4.69, 9.17) is 9.47 Å². The van der Waals surface area contributed by atoms with E-state index in [1.165, 1.54) is 12.1 Å². The lowest BCUT2D eigenvalue weighted by atomic mass is 9.87. The van der Waals surface area contributed by atoms with Crippen molar-refractivity contribution in [1.29, 1.82) is 0 Å². The Morgan fingerprint density at radius 3 is 2.36 bits per heavy atom. The molecule has 0 aliphatic carbocycles. The highest BCUT2D eigenvalue weighted by Gasteiger charge is 2.37. The summed E-state index contributed by atoms with van der Waals surface area (Å²) in [5, 5.41) is 2.99. The van der Waals surface area contributed by atoms with Crippen LogP contribution in [0.2, 0.25) is 0 Å². The molecule has 1 atom stereocenters. The van der Waals surface area contributed by atoms with Crippen molar-refractivity contribution in [1.82, 2.24) is 15.1 Å². The van der Waals surface area contributed by atoms with Gasteiger partial charge >= 0.3 is 0 Å². The second-order valence-electron chi connectivity index (χ2n) is 9.51. The van der Waals surface area contributed by atoms with E-state index in [-0.39, 0.29) is 36.0 Å². The minimum Gasteiger partial charge on any atom is -0.454 e. The second-order valence-corrected chi connectivity index (χ2v) is 9.51. The van der Waals surface area contributed by atoms with Crippen molar-refractivity contribution >= 4 is 17.7 Å². The van der Waals surface area contributed by atoms with Gasteiger partial charge in [0.05, 0.1) is 5.56 Å². The van der Waals surface area contributed by atoms with Gasteiger partial charge in [0.15, 0.2) is 11.5 Å². The van der Waals surface area contributed by atoms with Gasteiger partial charge in [-0.2, -0.15) is 0 Å². The number of halogens is 1. The first-order valence-corrected chi connectivity index (χ1v) is 12.5. The number of fused-ring (bicyclic) bond motifs is 1. The summed E-state index contributed by atoms with van der Waals surface area (Å²) in [5.74, 6) is -0.382. The quantitative estimate of drug-likeness (QED) is 0.688. The number of nitrogens with zero attached hydrogens (tertiary/aromatic N) is 2. The van der Waals surface area contributed by atoms with E-state index in [1.807, 2.05) is 4.90 Å². The second kappa shape index (κ2) is 10.6. The van der Waals surface area contributed by atoms with Gasteiger partial charge in [0.25, 0.3) is 11.8 Å². The average Bonchev–Trinajstić information content (AvgIpc) is 3.40. The maximum Gasteiger partial charge on any atom is 0.256 e. The Morgan fingerprint density at radius 1 is 0.889 bits per heavy atom. The van der Waals surface area contributed by atoms with Crippen LogP contribution in [0.4, 0.5) is 4.39 Å². The fourth-order valence-corrected chi connectivity index (χ4v) is 5.20. The molecular weight excluding hydrogens is 465 g/mol. The van der Waals surface area contributed by atoms with Gasteiger partial charge in [0.1, 0.15) is 11.9 Å². The first-order chi connectivity index (χ1) is 17.5. The van der Waals surface area contributed by atoms with Gasteiger partial charge in [0.2, 0.25) is 12.7 Å². The minimum atomic E-state index is -0.702. The lowest BCUT2D eigenvalue weighted by Crippen LogP contribution is -2.55. The molecular formula is C27H30FN3O5. The van der Waals surface area contributed by atoms with Crippen LogP contribution in [0.15, 0.2) is 42.5 Å². The number of amides is 3. The molecule has 0 spiro atoms. The van der Waals surface area contributed by atoms with E-state index in [0.29, 0.717) is 56.1 Å². The smallest absolute Gasteiger partial charge is 0.256 e. The summed E-state index contributed by atoms with van der Waals surface area (Å²) in [5.41, 5.74) is 0.441. The zero-order valence-corrected chi connectivity index (χ0v) is 20.1. The maximum absolute atomic E-state index is 14.1. The Hall–Kier alpha value is -3.62. The topological polar surface area (TPSA) is 88.2 Å². The fraction of sp³-hybridized carbons (Fsp3) is 0.444. The van der Waals surface area contributed by atoms with Crippen molar-refractivity contribution in [2.75, 3.05) is 33.0 Å². The third-order valence-corrected chi connectivity index (χ3v) is 7.26. The van der Waals surface area contributed by atoms with E-state index in [2.05, 4.69) is 5.32 Å². The molecule has 0 aromatic heterocycles. The number of nitrogens with one attached hydrogen (secondary N) is 1. The molecule has 3 heterocycles. The molecule has 0 bridgehead atoms. The van der Waals surface area contributed by atoms with E-state index in [1.54, 1.807) is 35.2 Å². The van der Waals surface area contributed by atoms with Crippen LogP contribution in [0.5, 0.6) is 11.5 Å². The van der Waals surface area contributed by atoms with Gasteiger partial charge in [-0.1, -0.05) is 12.1 Å². The van der Waals surface area contributed by atoms with Crippen LogP contribution in [0, 0.1) is 11.7 Å². The summed E-state index contributed by atoms with van der Waals surface area (Å²) in [6.07, 6.45) is 4.06. The Labute approximate surface area is 209 Å². The minimum absolute atomic E-state index is 0.0491. The monoisotopic (exact) mass is 495 g/mol. The molecule has 0 radical (unpaired) electrons. The summed E-state index contributed by atoms with van der Waals surface area (Å²) < 4.78 is 24.9. The van der Waals surface area contributed by atoms with E-state index >= 15 is 0 Å². The van der Waals surface area contributed by atoms with Crippen molar-refractivity contribution in [2.45, 2.75) is 38.1 Å². The molecule has 5 rings (SSSR count). The highest BCUT2D eigenvalue weighted by atomic mass is 19.1. The SMILES string of the molecule is O=C(NC(C(=O)N1CCCCC1)C1CCN(C(=O)c2ccccc2F)CC1)c1ccc2c(c1)OCO2. The first-order valence-electron chi connectivity index (χ1n) is 12.5. The van der Waals surface area contributed by atoms with Gasteiger partial charge in [-0.25, -0.2) is 4.39 Å². The molecule has 3 aliphatic heterocycles. The molecule has 1 N–H and O–H groups in total. The molecule has 0 saturated carbocycles. The predicted molar refractivity (Wildman–Crippen MR) is 129 cm³/mol. The van der Waals surface area contributed by atoms with Crippen molar-refractivity contribution in [3.05, 3.63) is 59.4 Å². The van der Waals surface area contributed by atoms with Crippen LogP contribution in [0.1, 0.15) is 52.8 Å². The summed E-state index contributed by atoms with van der Waals surface area (Å²) in [7, 11) is 0. The van der Waals surface area contributed by atoms with Crippen molar-refractivity contribution in [3.8, 4) is 11.5 Å². The van der Waals surface area contributed by atoms with Gasteiger partial charge in [-0.15, -0.1) is 0 Å². The van der Waals surface area contributed by atoms with Crippen LogP contribution in [-0.4, -0.2) is 66.5 Å². The maximum atomic E-state index is 14.1.